The van der Waals surface area contributed by atoms with Crippen LogP contribution in [0.15, 0.2) is 30.7 Å². The summed E-state index contributed by atoms with van der Waals surface area (Å²) in [5, 5.41) is 18.0. The number of nitrogens with zero attached hydrogens (tertiary/aromatic N) is 6. The van der Waals surface area contributed by atoms with Gasteiger partial charge in [-0.05, 0) is 24.8 Å². The molecule has 0 unspecified atom stereocenters. The van der Waals surface area contributed by atoms with E-state index in [1.807, 2.05) is 0 Å². The molecule has 7 nitrogen and oxygen atoms in total. The van der Waals surface area contributed by atoms with Gasteiger partial charge in [0, 0.05) is 37.7 Å². The number of pyridine rings is 1. The highest BCUT2D eigenvalue weighted by Gasteiger charge is 2.23. The Hall–Kier alpha value is -3.19. The first-order valence-electron chi connectivity index (χ1n) is 7.75. The Kier molecular flexibility index (Phi) is 4.83. The Morgan fingerprint density at radius 2 is 1.88 bits per heavy atom. The second-order valence-electron chi connectivity index (χ2n) is 5.58. The van der Waals surface area contributed by atoms with Crippen LogP contribution in [0.25, 0.3) is 0 Å². The van der Waals surface area contributed by atoms with Crippen LogP contribution in [-0.4, -0.2) is 34.6 Å². The fraction of sp³-hybridized carbons (Fsp3) is 0.353. The summed E-state index contributed by atoms with van der Waals surface area (Å²) < 4.78 is 5.71. The van der Waals surface area contributed by atoms with Gasteiger partial charge in [0.2, 0.25) is 5.88 Å². The highest BCUT2D eigenvalue weighted by Crippen LogP contribution is 2.24. The van der Waals surface area contributed by atoms with Crippen LogP contribution < -0.4 is 9.64 Å². The van der Waals surface area contributed by atoms with E-state index in [0.717, 1.165) is 25.9 Å². The maximum Gasteiger partial charge on any atom is 0.214 e. The molecule has 120 valence electrons. The first-order chi connectivity index (χ1) is 11.8. The number of hydrogen-bond acceptors (Lipinski definition) is 7. The predicted octanol–water partition coefficient (Wildman–Crippen LogP) is 1.91. The molecule has 24 heavy (non-hydrogen) atoms. The third-order valence-electron chi connectivity index (χ3n) is 4.03. The number of anilines is 1. The largest absolute Gasteiger partial charge is 0.477 e. The van der Waals surface area contributed by atoms with Crippen molar-refractivity contribution in [2.75, 3.05) is 24.6 Å². The van der Waals surface area contributed by atoms with Gasteiger partial charge in [-0.1, -0.05) is 0 Å². The molecule has 0 N–H and O–H groups in total. The third-order valence-corrected chi connectivity index (χ3v) is 4.03. The average Bonchev–Trinajstić information content (AvgIpc) is 2.67. The Labute approximate surface area is 140 Å². The molecular weight excluding hydrogens is 304 g/mol. The minimum absolute atomic E-state index is 0.365. The van der Waals surface area contributed by atoms with Crippen molar-refractivity contribution in [3.05, 3.63) is 42.0 Å². The van der Waals surface area contributed by atoms with Crippen LogP contribution in [-0.2, 0) is 0 Å². The molecule has 0 atom stereocenters. The molecule has 1 aliphatic rings. The number of ether oxygens (including phenoxy) is 1. The molecule has 1 fully saturated rings. The van der Waals surface area contributed by atoms with Gasteiger partial charge >= 0.3 is 0 Å². The number of piperidine rings is 1. The van der Waals surface area contributed by atoms with Crippen molar-refractivity contribution in [1.82, 2.24) is 15.0 Å². The average molecular weight is 320 g/mol. The van der Waals surface area contributed by atoms with Gasteiger partial charge in [0.15, 0.2) is 11.5 Å². The van der Waals surface area contributed by atoms with Crippen molar-refractivity contribution in [2.45, 2.75) is 12.8 Å². The summed E-state index contributed by atoms with van der Waals surface area (Å²) in [4.78, 5) is 14.6. The number of aromatic nitrogens is 3. The summed E-state index contributed by atoms with van der Waals surface area (Å²) in [6.45, 7) is 2.20. The van der Waals surface area contributed by atoms with Crippen LogP contribution in [0.4, 0.5) is 5.82 Å². The van der Waals surface area contributed by atoms with Gasteiger partial charge < -0.3 is 9.64 Å². The zero-order valence-corrected chi connectivity index (χ0v) is 13.1. The van der Waals surface area contributed by atoms with Crippen molar-refractivity contribution >= 4 is 5.82 Å². The lowest BCUT2D eigenvalue weighted by atomic mass is 9.98. The molecule has 0 amide bonds. The lowest BCUT2D eigenvalue weighted by Crippen LogP contribution is -2.36. The smallest absolute Gasteiger partial charge is 0.214 e. The van der Waals surface area contributed by atoms with E-state index in [1.165, 1.54) is 6.20 Å². The van der Waals surface area contributed by atoms with Gasteiger partial charge in [0.05, 0.1) is 18.2 Å². The molecule has 0 aromatic carbocycles. The minimum atomic E-state index is 0.365. The number of rotatable bonds is 4. The monoisotopic (exact) mass is 320 g/mol. The van der Waals surface area contributed by atoms with E-state index in [1.54, 1.807) is 24.5 Å². The SMILES string of the molecule is N#Cc1ccnc(OCC2CCN(c3nccnc3C#N)CC2)c1. The van der Waals surface area contributed by atoms with E-state index in [0.29, 0.717) is 35.5 Å². The van der Waals surface area contributed by atoms with E-state index in [-0.39, 0.29) is 0 Å². The second kappa shape index (κ2) is 7.38. The van der Waals surface area contributed by atoms with E-state index < -0.39 is 0 Å². The zero-order chi connectivity index (χ0) is 16.8. The molecule has 2 aromatic rings. The van der Waals surface area contributed by atoms with Gasteiger partial charge in [-0.25, -0.2) is 15.0 Å². The fourth-order valence-corrected chi connectivity index (χ4v) is 2.71. The van der Waals surface area contributed by atoms with Crippen molar-refractivity contribution in [3.63, 3.8) is 0 Å². The van der Waals surface area contributed by atoms with Gasteiger partial charge in [-0.3, -0.25) is 0 Å². The molecule has 3 rings (SSSR count). The van der Waals surface area contributed by atoms with Crippen molar-refractivity contribution < 1.29 is 4.74 Å². The Bertz CT molecular complexity index is 786. The predicted molar refractivity (Wildman–Crippen MR) is 86.1 cm³/mol. The molecule has 0 saturated carbocycles. The van der Waals surface area contributed by atoms with Crippen LogP contribution in [0, 0.1) is 28.6 Å². The fourth-order valence-electron chi connectivity index (χ4n) is 2.71. The minimum Gasteiger partial charge on any atom is -0.477 e. The van der Waals surface area contributed by atoms with Gasteiger partial charge in [-0.2, -0.15) is 10.5 Å². The van der Waals surface area contributed by atoms with E-state index in [4.69, 9.17) is 15.3 Å². The molecule has 1 aliphatic heterocycles. The molecular formula is C17H16N6O. The Morgan fingerprint density at radius 1 is 1.08 bits per heavy atom. The molecule has 7 heteroatoms. The molecule has 1 saturated heterocycles. The summed E-state index contributed by atoms with van der Waals surface area (Å²) >= 11 is 0. The van der Waals surface area contributed by atoms with E-state index in [2.05, 4.69) is 32.0 Å². The molecule has 3 heterocycles. The Morgan fingerprint density at radius 3 is 2.62 bits per heavy atom. The van der Waals surface area contributed by atoms with E-state index >= 15 is 0 Å². The summed E-state index contributed by atoms with van der Waals surface area (Å²) in [5.74, 6) is 1.55. The van der Waals surface area contributed by atoms with Crippen LogP contribution in [0.5, 0.6) is 5.88 Å². The Balaban J connectivity index is 1.54. The maximum atomic E-state index is 9.13. The highest BCUT2D eigenvalue weighted by atomic mass is 16.5. The zero-order valence-electron chi connectivity index (χ0n) is 13.1. The molecule has 0 aliphatic carbocycles. The van der Waals surface area contributed by atoms with Crippen molar-refractivity contribution in [1.29, 1.82) is 10.5 Å². The maximum absolute atomic E-state index is 9.13. The molecule has 2 aromatic heterocycles. The van der Waals surface area contributed by atoms with Gasteiger partial charge in [-0.15, -0.1) is 0 Å². The second-order valence-corrected chi connectivity index (χ2v) is 5.58. The van der Waals surface area contributed by atoms with Gasteiger partial charge in [0.25, 0.3) is 0 Å². The standard InChI is InChI=1S/C17H16N6O/c18-10-14-1-4-21-16(9-14)24-12-13-2-7-23(8-3-13)17-15(11-19)20-5-6-22-17/h1,4-6,9,13H,2-3,7-8,12H2. The van der Waals surface area contributed by atoms with Crippen LogP contribution >= 0.6 is 0 Å². The summed E-state index contributed by atoms with van der Waals surface area (Å²) in [5.41, 5.74) is 0.909. The lowest BCUT2D eigenvalue weighted by molar-refractivity contribution is 0.216. The molecule has 0 bridgehead atoms. The topological polar surface area (TPSA) is 98.7 Å². The van der Waals surface area contributed by atoms with Gasteiger partial charge in [0.1, 0.15) is 6.07 Å². The first-order valence-corrected chi connectivity index (χ1v) is 7.75. The van der Waals surface area contributed by atoms with Crippen LogP contribution in [0.1, 0.15) is 24.1 Å². The number of hydrogen-bond donors (Lipinski definition) is 0. The highest BCUT2D eigenvalue weighted by molar-refractivity contribution is 5.49. The summed E-state index contributed by atoms with van der Waals surface area (Å²) in [6, 6.07) is 7.46. The number of nitriles is 2. The normalized spacial score (nSPS) is 14.7. The lowest BCUT2D eigenvalue weighted by Gasteiger charge is -2.32. The first kappa shape index (κ1) is 15.7. The quantitative estimate of drug-likeness (QED) is 0.848. The summed E-state index contributed by atoms with van der Waals surface area (Å²) in [6.07, 6.45) is 6.61. The molecule has 0 spiro atoms. The van der Waals surface area contributed by atoms with Crippen LogP contribution in [0.2, 0.25) is 0 Å². The molecule has 0 radical (unpaired) electrons. The van der Waals surface area contributed by atoms with Crippen LogP contribution in [0.3, 0.4) is 0 Å². The van der Waals surface area contributed by atoms with Crippen molar-refractivity contribution in [3.8, 4) is 18.0 Å². The summed E-state index contributed by atoms with van der Waals surface area (Å²) in [7, 11) is 0. The third kappa shape index (κ3) is 3.58. The van der Waals surface area contributed by atoms with E-state index in [9.17, 15) is 0 Å². The van der Waals surface area contributed by atoms with Crippen molar-refractivity contribution in [2.24, 2.45) is 5.92 Å².